The summed E-state index contributed by atoms with van der Waals surface area (Å²) >= 11 is 11.2. The summed E-state index contributed by atoms with van der Waals surface area (Å²) in [5, 5.41) is 16.1. The number of aliphatic hydroxyl groups is 1. The maximum absolute atomic E-state index is 13.7. The number of likely N-dealkylation sites (tertiary alicyclic amines) is 1. The van der Waals surface area contributed by atoms with Gasteiger partial charge in [0, 0.05) is 27.8 Å². The van der Waals surface area contributed by atoms with Gasteiger partial charge in [0.1, 0.15) is 6.04 Å². The Kier molecular flexibility index (Phi) is 6.33. The van der Waals surface area contributed by atoms with Crippen molar-refractivity contribution in [2.24, 2.45) is 11.8 Å². The maximum atomic E-state index is 13.7. The summed E-state index contributed by atoms with van der Waals surface area (Å²) < 4.78 is -0.730. The number of hydrogen-bond acceptors (Lipinski definition) is 5. The summed E-state index contributed by atoms with van der Waals surface area (Å²) in [5.41, 5.74) is 0.578. The lowest BCUT2D eigenvalue weighted by atomic mass is 9.70. The normalized spacial score (nSPS) is 34.5. The molecule has 7 nitrogen and oxygen atoms in total. The first kappa shape index (κ1) is 22.9. The molecule has 0 radical (unpaired) electrons. The maximum Gasteiger partial charge on any atom is 0.248 e. The monoisotopic (exact) mass is 529 g/mol. The van der Waals surface area contributed by atoms with Gasteiger partial charge in [-0.05, 0) is 37.1 Å². The van der Waals surface area contributed by atoms with Crippen molar-refractivity contribution in [2.45, 2.75) is 46.7 Å². The first-order valence-corrected chi connectivity index (χ1v) is 12.5. The van der Waals surface area contributed by atoms with Crippen LogP contribution >= 0.6 is 39.3 Å². The van der Waals surface area contributed by atoms with Gasteiger partial charge in [-0.25, -0.2) is 0 Å². The molecule has 3 fully saturated rings. The molecule has 10 heteroatoms. The Morgan fingerprint density at radius 1 is 1.35 bits per heavy atom. The number of hydrogen-bond donors (Lipinski definition) is 3. The van der Waals surface area contributed by atoms with Gasteiger partial charge in [-0.3, -0.25) is 14.4 Å². The summed E-state index contributed by atoms with van der Waals surface area (Å²) in [6, 6.07) is 5.50. The summed E-state index contributed by atoms with van der Waals surface area (Å²) in [7, 11) is 1.57. The number of anilines is 1. The SMILES string of the molecule is CC[C@@H](CO)N1C(=O)[C@@H]2[C@H](C(=O)NC)[C@H]3SC2(CC3Br)C1C(=O)Nc1ccc(Cl)cc1. The molecule has 3 heterocycles. The number of rotatable bonds is 6. The van der Waals surface area contributed by atoms with Gasteiger partial charge in [0.25, 0.3) is 0 Å². The van der Waals surface area contributed by atoms with Crippen molar-refractivity contribution in [3.05, 3.63) is 29.3 Å². The Morgan fingerprint density at radius 2 is 2.03 bits per heavy atom. The third kappa shape index (κ3) is 3.48. The molecule has 2 bridgehead atoms. The van der Waals surface area contributed by atoms with Crippen LogP contribution in [0.15, 0.2) is 24.3 Å². The molecule has 3 amide bonds. The van der Waals surface area contributed by atoms with E-state index in [1.807, 2.05) is 6.92 Å². The highest BCUT2D eigenvalue weighted by Gasteiger charge is 2.76. The van der Waals surface area contributed by atoms with E-state index in [0.717, 1.165) is 0 Å². The molecular weight excluding hydrogens is 506 g/mol. The lowest BCUT2D eigenvalue weighted by molar-refractivity contribution is -0.142. The Bertz CT molecular complexity index is 899. The molecule has 3 N–H and O–H groups in total. The van der Waals surface area contributed by atoms with Crippen LogP contribution in [-0.4, -0.2) is 68.3 Å². The van der Waals surface area contributed by atoms with Crippen molar-refractivity contribution in [3.8, 4) is 0 Å². The lowest BCUT2D eigenvalue weighted by Gasteiger charge is -2.37. The average molecular weight is 531 g/mol. The molecule has 3 unspecified atom stereocenters. The molecular formula is C21H25BrClN3O4S. The van der Waals surface area contributed by atoms with E-state index in [-0.39, 0.29) is 34.4 Å². The molecule has 0 aliphatic carbocycles. The Balaban J connectivity index is 1.76. The zero-order valence-electron chi connectivity index (χ0n) is 17.2. The van der Waals surface area contributed by atoms with Crippen LogP contribution < -0.4 is 10.6 Å². The average Bonchev–Trinajstić information content (AvgIpc) is 3.34. The van der Waals surface area contributed by atoms with E-state index in [0.29, 0.717) is 23.6 Å². The Hall–Kier alpha value is -1.29. The number of nitrogens with zero attached hydrogens (tertiary/aromatic N) is 1. The van der Waals surface area contributed by atoms with Gasteiger partial charge in [0.2, 0.25) is 17.7 Å². The van der Waals surface area contributed by atoms with Gasteiger partial charge >= 0.3 is 0 Å². The van der Waals surface area contributed by atoms with Gasteiger partial charge in [-0.2, -0.15) is 0 Å². The molecule has 0 saturated carbocycles. The third-order valence-corrected chi connectivity index (χ3v) is 10.2. The van der Waals surface area contributed by atoms with Gasteiger partial charge in [0.15, 0.2) is 0 Å². The van der Waals surface area contributed by atoms with E-state index in [4.69, 9.17) is 11.6 Å². The van der Waals surface area contributed by atoms with E-state index >= 15 is 0 Å². The highest BCUT2D eigenvalue weighted by Crippen LogP contribution is 2.68. The van der Waals surface area contributed by atoms with Crippen molar-refractivity contribution in [1.29, 1.82) is 0 Å². The number of benzene rings is 1. The number of thioether (sulfide) groups is 1. The van der Waals surface area contributed by atoms with E-state index in [9.17, 15) is 19.5 Å². The lowest BCUT2D eigenvalue weighted by Crippen LogP contribution is -2.55. The predicted octanol–water partition coefficient (Wildman–Crippen LogP) is 2.26. The zero-order valence-corrected chi connectivity index (χ0v) is 20.3. The molecule has 3 aliphatic rings. The first-order valence-electron chi connectivity index (χ1n) is 10.3. The molecule has 1 aromatic carbocycles. The molecule has 7 atom stereocenters. The molecule has 1 spiro atoms. The second-order valence-electron chi connectivity index (χ2n) is 8.26. The van der Waals surface area contributed by atoms with Gasteiger partial charge in [-0.1, -0.05) is 34.5 Å². The van der Waals surface area contributed by atoms with Crippen LogP contribution in [0.1, 0.15) is 19.8 Å². The van der Waals surface area contributed by atoms with Crippen molar-refractivity contribution < 1.29 is 19.5 Å². The number of alkyl halides is 1. The van der Waals surface area contributed by atoms with Gasteiger partial charge in [-0.15, -0.1) is 11.8 Å². The fourth-order valence-electron chi connectivity index (χ4n) is 5.38. The number of aliphatic hydroxyl groups excluding tert-OH is 1. The second kappa shape index (κ2) is 8.57. The minimum absolute atomic E-state index is 0.0174. The second-order valence-corrected chi connectivity index (χ2v) is 11.4. The van der Waals surface area contributed by atoms with Crippen LogP contribution in [0, 0.1) is 11.8 Å². The molecule has 168 valence electrons. The summed E-state index contributed by atoms with van der Waals surface area (Å²) in [6.07, 6.45) is 1.11. The molecule has 1 aromatic rings. The summed E-state index contributed by atoms with van der Waals surface area (Å²) in [6.45, 7) is 1.63. The van der Waals surface area contributed by atoms with Crippen LogP contribution in [0.3, 0.4) is 0 Å². The van der Waals surface area contributed by atoms with Crippen LogP contribution in [0.2, 0.25) is 5.02 Å². The van der Waals surface area contributed by atoms with Crippen molar-refractivity contribution >= 4 is 62.7 Å². The molecule has 31 heavy (non-hydrogen) atoms. The number of carbonyl (C=O) groups excluding carboxylic acids is 3. The van der Waals surface area contributed by atoms with Crippen LogP contribution in [0.25, 0.3) is 0 Å². The fraction of sp³-hybridized carbons (Fsp3) is 0.571. The fourth-order valence-corrected chi connectivity index (χ4v) is 9.11. The molecule has 0 aromatic heterocycles. The molecule has 3 saturated heterocycles. The Labute approximate surface area is 198 Å². The van der Waals surface area contributed by atoms with E-state index in [2.05, 4.69) is 26.6 Å². The van der Waals surface area contributed by atoms with Crippen molar-refractivity contribution in [2.75, 3.05) is 19.0 Å². The topological polar surface area (TPSA) is 98.7 Å². The smallest absolute Gasteiger partial charge is 0.248 e. The van der Waals surface area contributed by atoms with Gasteiger partial charge in [0.05, 0.1) is 29.2 Å². The minimum atomic E-state index is -0.789. The number of fused-ring (bicyclic) bond motifs is 1. The van der Waals surface area contributed by atoms with E-state index < -0.39 is 28.7 Å². The Morgan fingerprint density at radius 3 is 2.61 bits per heavy atom. The summed E-state index contributed by atoms with van der Waals surface area (Å²) in [5.74, 6) is -1.83. The third-order valence-electron chi connectivity index (χ3n) is 6.71. The van der Waals surface area contributed by atoms with Crippen molar-refractivity contribution in [1.82, 2.24) is 10.2 Å². The van der Waals surface area contributed by atoms with Crippen LogP contribution in [0.5, 0.6) is 0 Å². The first-order chi connectivity index (χ1) is 14.8. The minimum Gasteiger partial charge on any atom is -0.394 e. The largest absolute Gasteiger partial charge is 0.394 e. The number of carbonyl (C=O) groups is 3. The predicted molar refractivity (Wildman–Crippen MR) is 124 cm³/mol. The highest BCUT2D eigenvalue weighted by molar-refractivity contribution is 9.09. The zero-order chi connectivity index (χ0) is 22.5. The van der Waals surface area contributed by atoms with Crippen LogP contribution in [0.4, 0.5) is 5.69 Å². The number of halogens is 2. The quantitative estimate of drug-likeness (QED) is 0.490. The number of nitrogens with one attached hydrogen (secondary N) is 2. The van der Waals surface area contributed by atoms with Crippen LogP contribution in [-0.2, 0) is 14.4 Å². The highest BCUT2D eigenvalue weighted by atomic mass is 79.9. The van der Waals surface area contributed by atoms with E-state index in [1.54, 1.807) is 48.0 Å². The van der Waals surface area contributed by atoms with E-state index in [1.165, 1.54) is 0 Å². The number of amides is 3. The molecule has 4 rings (SSSR count). The molecule has 3 aliphatic heterocycles. The van der Waals surface area contributed by atoms with Crippen molar-refractivity contribution in [3.63, 3.8) is 0 Å². The standard InChI is InChI=1S/C21H25BrClN3O4S/c1-3-12(9-27)26-17(19(29)25-11-6-4-10(23)5-7-11)21-8-13(22)16(31-21)14(18(28)24-2)15(21)20(26)30/h4-7,12-17,27H,3,8-9H2,1-2H3,(H,24,28)(H,25,29)/t12-,13?,14-,15-,16-,17?,21?/m0/s1. The van der Waals surface area contributed by atoms with Gasteiger partial charge < -0.3 is 20.6 Å². The summed E-state index contributed by atoms with van der Waals surface area (Å²) in [4.78, 5) is 41.6.